The van der Waals surface area contributed by atoms with Crippen molar-refractivity contribution in [1.29, 1.82) is 0 Å². The number of nitrogens with one attached hydrogen (secondary N) is 1. The van der Waals surface area contributed by atoms with E-state index in [0.29, 0.717) is 6.04 Å². The van der Waals surface area contributed by atoms with E-state index in [2.05, 4.69) is 24.1 Å². The Bertz CT molecular complexity index is 289. The molecule has 0 radical (unpaired) electrons. The van der Waals surface area contributed by atoms with Gasteiger partial charge in [-0.15, -0.1) is 0 Å². The molecule has 2 unspecified atom stereocenters. The van der Waals surface area contributed by atoms with E-state index in [4.69, 9.17) is 5.73 Å². The molecule has 4 heteroatoms. The minimum atomic E-state index is -0.193. The normalized spacial score (nSPS) is 26.7. The highest BCUT2D eigenvalue weighted by molar-refractivity contribution is 5.79. The predicted octanol–water partition coefficient (Wildman–Crippen LogP) is 0.960. The summed E-state index contributed by atoms with van der Waals surface area (Å²) in [5.74, 6) is 1.40. The van der Waals surface area contributed by atoms with Crippen LogP contribution in [0.4, 0.5) is 0 Å². The first-order valence-electron chi connectivity index (χ1n) is 7.34. The van der Waals surface area contributed by atoms with Crippen molar-refractivity contribution in [2.45, 2.75) is 51.6 Å². The molecule has 2 aliphatic rings. The van der Waals surface area contributed by atoms with E-state index in [0.717, 1.165) is 24.8 Å². The van der Waals surface area contributed by atoms with Crippen LogP contribution in [0, 0.1) is 11.8 Å². The topological polar surface area (TPSA) is 58.4 Å². The summed E-state index contributed by atoms with van der Waals surface area (Å²) in [6, 6.07) is 0.417. The molecule has 1 amide bonds. The third kappa shape index (κ3) is 3.95. The summed E-state index contributed by atoms with van der Waals surface area (Å²) in [7, 11) is 0. The maximum absolute atomic E-state index is 11.4. The molecule has 0 aromatic carbocycles. The van der Waals surface area contributed by atoms with Crippen LogP contribution < -0.4 is 11.1 Å². The van der Waals surface area contributed by atoms with Crippen molar-refractivity contribution in [3.8, 4) is 0 Å². The summed E-state index contributed by atoms with van der Waals surface area (Å²) in [6.45, 7) is 7.96. The van der Waals surface area contributed by atoms with E-state index >= 15 is 0 Å². The smallest absolute Gasteiger partial charge is 0.234 e. The van der Waals surface area contributed by atoms with Crippen LogP contribution >= 0.6 is 0 Å². The number of nitrogens with two attached hydrogens (primary N) is 1. The SMILES string of the molecule is CC(C)C1CCN(CCC(NC2CC2)C(N)=O)C1. The highest BCUT2D eigenvalue weighted by Gasteiger charge is 2.29. The van der Waals surface area contributed by atoms with Gasteiger partial charge in [-0.05, 0) is 44.1 Å². The average molecular weight is 253 g/mol. The molecular formula is C14H27N3O. The Hall–Kier alpha value is -0.610. The molecule has 4 nitrogen and oxygen atoms in total. The van der Waals surface area contributed by atoms with Crippen molar-refractivity contribution < 1.29 is 4.79 Å². The van der Waals surface area contributed by atoms with Gasteiger partial charge in [-0.2, -0.15) is 0 Å². The average Bonchev–Trinajstić information content (AvgIpc) is 2.99. The maximum atomic E-state index is 11.4. The monoisotopic (exact) mass is 253 g/mol. The molecule has 0 aromatic rings. The fourth-order valence-electron chi connectivity index (χ4n) is 2.76. The highest BCUT2D eigenvalue weighted by Crippen LogP contribution is 2.24. The first-order valence-corrected chi connectivity index (χ1v) is 7.34. The second kappa shape index (κ2) is 6.02. The third-order valence-corrected chi connectivity index (χ3v) is 4.34. The predicted molar refractivity (Wildman–Crippen MR) is 73.1 cm³/mol. The first-order chi connectivity index (χ1) is 8.56. The molecule has 1 aliphatic carbocycles. The second-order valence-corrected chi connectivity index (χ2v) is 6.28. The number of amides is 1. The molecule has 18 heavy (non-hydrogen) atoms. The van der Waals surface area contributed by atoms with Gasteiger partial charge < -0.3 is 16.0 Å². The quantitative estimate of drug-likeness (QED) is 0.710. The lowest BCUT2D eigenvalue weighted by Crippen LogP contribution is -2.44. The summed E-state index contributed by atoms with van der Waals surface area (Å²) in [5.41, 5.74) is 5.45. The van der Waals surface area contributed by atoms with Crippen molar-refractivity contribution >= 4 is 5.91 Å². The molecule has 1 aliphatic heterocycles. The van der Waals surface area contributed by atoms with E-state index in [1.165, 1.54) is 32.4 Å². The van der Waals surface area contributed by atoms with Crippen LogP contribution in [0.2, 0.25) is 0 Å². The van der Waals surface area contributed by atoms with Gasteiger partial charge in [0.25, 0.3) is 0 Å². The van der Waals surface area contributed by atoms with Crippen molar-refractivity contribution in [3.05, 3.63) is 0 Å². The van der Waals surface area contributed by atoms with E-state index in [1.54, 1.807) is 0 Å². The Balaban J connectivity index is 1.70. The van der Waals surface area contributed by atoms with Gasteiger partial charge in [0.15, 0.2) is 0 Å². The zero-order valence-corrected chi connectivity index (χ0v) is 11.7. The Morgan fingerprint density at radius 2 is 2.11 bits per heavy atom. The van der Waals surface area contributed by atoms with E-state index < -0.39 is 0 Å². The number of primary amides is 1. The van der Waals surface area contributed by atoms with Gasteiger partial charge in [0.05, 0.1) is 6.04 Å². The summed E-state index contributed by atoms with van der Waals surface area (Å²) >= 11 is 0. The van der Waals surface area contributed by atoms with Crippen LogP contribution in [0.5, 0.6) is 0 Å². The molecule has 2 atom stereocenters. The zero-order valence-electron chi connectivity index (χ0n) is 11.7. The Morgan fingerprint density at radius 1 is 1.39 bits per heavy atom. The summed E-state index contributed by atoms with van der Waals surface area (Å²) in [4.78, 5) is 13.9. The molecule has 2 rings (SSSR count). The lowest BCUT2D eigenvalue weighted by atomic mass is 9.95. The van der Waals surface area contributed by atoms with Gasteiger partial charge in [0, 0.05) is 19.1 Å². The molecule has 1 heterocycles. The molecule has 1 saturated heterocycles. The molecule has 104 valence electrons. The first kappa shape index (κ1) is 13.8. The Labute approximate surface area is 110 Å². The molecule has 0 spiro atoms. The van der Waals surface area contributed by atoms with Gasteiger partial charge in [0.1, 0.15) is 0 Å². The minimum absolute atomic E-state index is 0.129. The summed E-state index contributed by atoms with van der Waals surface area (Å²) < 4.78 is 0. The molecule has 0 aromatic heterocycles. The van der Waals surface area contributed by atoms with Gasteiger partial charge in [-0.25, -0.2) is 0 Å². The number of rotatable bonds is 7. The van der Waals surface area contributed by atoms with E-state index in [9.17, 15) is 4.79 Å². The summed E-state index contributed by atoms with van der Waals surface area (Å²) in [5, 5.41) is 3.35. The van der Waals surface area contributed by atoms with Gasteiger partial charge in [0.2, 0.25) is 5.91 Å². The minimum Gasteiger partial charge on any atom is -0.368 e. The molecule has 3 N–H and O–H groups in total. The molecule has 2 fully saturated rings. The van der Waals surface area contributed by atoms with Crippen molar-refractivity contribution in [3.63, 3.8) is 0 Å². The lowest BCUT2D eigenvalue weighted by molar-refractivity contribution is -0.120. The van der Waals surface area contributed by atoms with Crippen LogP contribution in [-0.4, -0.2) is 42.5 Å². The van der Waals surface area contributed by atoms with Crippen molar-refractivity contribution in [2.75, 3.05) is 19.6 Å². The largest absolute Gasteiger partial charge is 0.368 e. The van der Waals surface area contributed by atoms with Crippen LogP contribution in [0.25, 0.3) is 0 Å². The fraction of sp³-hybridized carbons (Fsp3) is 0.929. The van der Waals surface area contributed by atoms with Crippen LogP contribution in [0.3, 0.4) is 0 Å². The van der Waals surface area contributed by atoms with Crippen molar-refractivity contribution in [2.24, 2.45) is 17.6 Å². The van der Waals surface area contributed by atoms with Gasteiger partial charge >= 0.3 is 0 Å². The fourth-order valence-corrected chi connectivity index (χ4v) is 2.76. The standard InChI is InChI=1S/C14H27N3O/c1-10(2)11-5-7-17(9-11)8-6-13(14(15)18)16-12-3-4-12/h10-13,16H,3-9H2,1-2H3,(H2,15,18). The number of carbonyl (C=O) groups is 1. The molecular weight excluding hydrogens is 226 g/mol. The molecule has 1 saturated carbocycles. The van der Waals surface area contributed by atoms with Crippen LogP contribution in [-0.2, 0) is 4.79 Å². The van der Waals surface area contributed by atoms with Crippen molar-refractivity contribution in [1.82, 2.24) is 10.2 Å². The number of hydrogen-bond acceptors (Lipinski definition) is 3. The Kier molecular flexibility index (Phi) is 4.62. The van der Waals surface area contributed by atoms with Crippen LogP contribution in [0.15, 0.2) is 0 Å². The van der Waals surface area contributed by atoms with Gasteiger partial charge in [-0.1, -0.05) is 13.8 Å². The lowest BCUT2D eigenvalue weighted by Gasteiger charge is -2.21. The zero-order chi connectivity index (χ0) is 13.1. The van der Waals surface area contributed by atoms with Crippen LogP contribution in [0.1, 0.15) is 39.5 Å². The molecule has 0 bridgehead atoms. The third-order valence-electron chi connectivity index (χ3n) is 4.34. The number of hydrogen-bond donors (Lipinski definition) is 2. The highest BCUT2D eigenvalue weighted by atomic mass is 16.1. The number of carbonyl (C=O) groups excluding carboxylic acids is 1. The number of nitrogens with zero attached hydrogens (tertiary/aromatic N) is 1. The second-order valence-electron chi connectivity index (χ2n) is 6.28. The summed E-state index contributed by atoms with van der Waals surface area (Å²) in [6.07, 6.45) is 4.55. The maximum Gasteiger partial charge on any atom is 0.234 e. The Morgan fingerprint density at radius 3 is 2.61 bits per heavy atom. The number of likely N-dealkylation sites (tertiary alicyclic amines) is 1. The van der Waals surface area contributed by atoms with Gasteiger partial charge in [-0.3, -0.25) is 4.79 Å². The van der Waals surface area contributed by atoms with E-state index in [1.807, 2.05) is 0 Å². The van der Waals surface area contributed by atoms with E-state index in [-0.39, 0.29) is 11.9 Å².